The largest absolute Gasteiger partial charge is 0.458 e. The summed E-state index contributed by atoms with van der Waals surface area (Å²) in [5, 5.41) is 20.7. The monoisotopic (exact) mass is 531 g/mol. The molecular weight excluding hydrogens is 490 g/mol. The third-order valence-electron chi connectivity index (χ3n) is 6.52. The Morgan fingerprint density at radius 2 is 1.53 bits per heavy atom. The summed E-state index contributed by atoms with van der Waals surface area (Å²) >= 11 is 0. The summed E-state index contributed by atoms with van der Waals surface area (Å²) in [6.07, 6.45) is -3.02. The molecule has 10 heteroatoms. The van der Waals surface area contributed by atoms with E-state index in [9.17, 15) is 19.8 Å². The van der Waals surface area contributed by atoms with Gasteiger partial charge in [-0.1, -0.05) is 81.4 Å². The smallest absolute Gasteiger partial charge is 0.404 e. The Bertz CT molecular complexity index is 1000. The third-order valence-corrected chi connectivity index (χ3v) is 6.52. The second-order valence-electron chi connectivity index (χ2n) is 10.3. The maximum atomic E-state index is 13.1. The van der Waals surface area contributed by atoms with E-state index >= 15 is 0 Å². The number of carbonyl (C=O) groups excluding carboxylic acids is 2. The van der Waals surface area contributed by atoms with Crippen LogP contribution in [0.1, 0.15) is 44.4 Å². The number of esters is 1. The van der Waals surface area contributed by atoms with E-state index in [1.165, 1.54) is 0 Å². The summed E-state index contributed by atoms with van der Waals surface area (Å²) in [5.41, 5.74) is 16.2. The Morgan fingerprint density at radius 3 is 2.03 bits per heavy atom. The number of aliphatic hydroxyl groups is 2. The molecule has 0 aliphatic carbocycles. The van der Waals surface area contributed by atoms with Gasteiger partial charge in [0.15, 0.2) is 5.60 Å². The van der Waals surface area contributed by atoms with Crippen LogP contribution in [0.25, 0.3) is 0 Å². The SMILES string of the molecule is CC(C)(C)C(O)(CO)C(=O)OC(COC(CN)C(Cc1ccccc1)OC(N)=O)CC(N)c1ccccc1. The van der Waals surface area contributed by atoms with Crippen molar-refractivity contribution < 1.29 is 34.0 Å². The van der Waals surface area contributed by atoms with Crippen molar-refractivity contribution in [2.75, 3.05) is 19.8 Å². The lowest BCUT2D eigenvalue weighted by atomic mass is 9.77. The molecule has 8 N–H and O–H groups in total. The number of nitrogens with two attached hydrogens (primary N) is 3. The van der Waals surface area contributed by atoms with Crippen molar-refractivity contribution in [2.45, 2.75) is 63.6 Å². The van der Waals surface area contributed by atoms with Gasteiger partial charge in [0, 0.05) is 30.8 Å². The maximum Gasteiger partial charge on any atom is 0.404 e. The van der Waals surface area contributed by atoms with Crippen LogP contribution in [0.4, 0.5) is 4.79 Å². The summed E-state index contributed by atoms with van der Waals surface area (Å²) in [6.45, 7) is 3.85. The Kier molecular flexibility index (Phi) is 11.7. The van der Waals surface area contributed by atoms with Gasteiger partial charge in [-0.25, -0.2) is 9.59 Å². The van der Waals surface area contributed by atoms with Gasteiger partial charge in [0.1, 0.15) is 18.3 Å². The third kappa shape index (κ3) is 8.78. The molecule has 10 nitrogen and oxygen atoms in total. The number of hydrogen-bond donors (Lipinski definition) is 5. The van der Waals surface area contributed by atoms with E-state index in [2.05, 4.69) is 0 Å². The minimum absolute atomic E-state index is 0.0151. The molecule has 0 saturated carbocycles. The average Bonchev–Trinajstić information content (AvgIpc) is 2.88. The molecular formula is C28H41N3O7. The van der Waals surface area contributed by atoms with Crippen LogP contribution >= 0.6 is 0 Å². The average molecular weight is 532 g/mol. The van der Waals surface area contributed by atoms with Crippen LogP contribution < -0.4 is 17.2 Å². The molecule has 1 amide bonds. The topological polar surface area (TPSA) is 180 Å². The van der Waals surface area contributed by atoms with E-state index in [0.717, 1.165) is 11.1 Å². The van der Waals surface area contributed by atoms with Crippen LogP contribution in [0.2, 0.25) is 0 Å². The van der Waals surface area contributed by atoms with Crippen LogP contribution in [0.3, 0.4) is 0 Å². The van der Waals surface area contributed by atoms with Crippen molar-refractivity contribution >= 4 is 12.1 Å². The van der Waals surface area contributed by atoms with E-state index in [-0.39, 0.29) is 19.6 Å². The van der Waals surface area contributed by atoms with Gasteiger partial charge >= 0.3 is 12.1 Å². The number of benzene rings is 2. The van der Waals surface area contributed by atoms with E-state index < -0.39 is 54.0 Å². The van der Waals surface area contributed by atoms with E-state index in [0.29, 0.717) is 6.42 Å². The van der Waals surface area contributed by atoms with Gasteiger partial charge < -0.3 is 41.6 Å². The van der Waals surface area contributed by atoms with Crippen molar-refractivity contribution in [3.63, 3.8) is 0 Å². The zero-order valence-electron chi connectivity index (χ0n) is 22.3. The number of rotatable bonds is 14. The van der Waals surface area contributed by atoms with Gasteiger partial charge in [0.25, 0.3) is 0 Å². The van der Waals surface area contributed by atoms with Crippen LogP contribution in [0, 0.1) is 5.41 Å². The second-order valence-corrected chi connectivity index (χ2v) is 10.3. The Labute approximate surface area is 224 Å². The van der Waals surface area contributed by atoms with Gasteiger partial charge in [0.2, 0.25) is 0 Å². The maximum absolute atomic E-state index is 13.1. The molecule has 5 unspecified atom stereocenters. The van der Waals surface area contributed by atoms with Crippen LogP contribution in [-0.4, -0.2) is 65.9 Å². The predicted octanol–water partition coefficient (Wildman–Crippen LogP) is 1.81. The lowest BCUT2D eigenvalue weighted by Crippen LogP contribution is -2.55. The van der Waals surface area contributed by atoms with Crippen molar-refractivity contribution in [1.29, 1.82) is 0 Å². The fraction of sp³-hybridized carbons (Fsp3) is 0.500. The Balaban J connectivity index is 2.24. The normalized spacial score (nSPS) is 16.5. The molecule has 2 aromatic rings. The lowest BCUT2D eigenvalue weighted by molar-refractivity contribution is -0.194. The molecule has 0 aliphatic heterocycles. The van der Waals surface area contributed by atoms with Crippen molar-refractivity contribution in [3.05, 3.63) is 71.8 Å². The minimum atomic E-state index is -2.15. The van der Waals surface area contributed by atoms with Crippen molar-refractivity contribution in [2.24, 2.45) is 22.6 Å². The van der Waals surface area contributed by atoms with Gasteiger partial charge in [-0.15, -0.1) is 0 Å². The molecule has 0 aliphatic rings. The quantitative estimate of drug-likeness (QED) is 0.227. The van der Waals surface area contributed by atoms with Crippen molar-refractivity contribution in [3.8, 4) is 0 Å². The number of ether oxygens (including phenoxy) is 3. The first-order chi connectivity index (χ1) is 17.9. The number of carbonyl (C=O) groups is 2. The van der Waals surface area contributed by atoms with Crippen LogP contribution in [0.15, 0.2) is 60.7 Å². The number of hydrogen-bond acceptors (Lipinski definition) is 9. The molecule has 0 radical (unpaired) electrons. The van der Waals surface area contributed by atoms with E-state index in [4.69, 9.17) is 31.4 Å². The molecule has 0 heterocycles. The molecule has 0 fully saturated rings. The predicted molar refractivity (Wildman–Crippen MR) is 143 cm³/mol. The molecule has 2 rings (SSSR count). The molecule has 38 heavy (non-hydrogen) atoms. The summed E-state index contributed by atoms with van der Waals surface area (Å²) < 4.78 is 17.0. The molecule has 0 aromatic heterocycles. The Hall–Kier alpha value is -3.02. The number of primary amides is 1. The highest BCUT2D eigenvalue weighted by atomic mass is 16.6. The van der Waals surface area contributed by atoms with Crippen LogP contribution in [-0.2, 0) is 25.4 Å². The first kappa shape index (κ1) is 31.2. The highest BCUT2D eigenvalue weighted by molar-refractivity contribution is 5.80. The minimum Gasteiger partial charge on any atom is -0.458 e. The summed E-state index contributed by atoms with van der Waals surface area (Å²) in [7, 11) is 0. The highest BCUT2D eigenvalue weighted by Crippen LogP contribution is 2.32. The van der Waals surface area contributed by atoms with Gasteiger partial charge in [-0.3, -0.25) is 0 Å². The lowest BCUT2D eigenvalue weighted by Gasteiger charge is -2.37. The number of amides is 1. The van der Waals surface area contributed by atoms with Gasteiger partial charge in [-0.2, -0.15) is 0 Å². The van der Waals surface area contributed by atoms with Gasteiger partial charge in [0.05, 0.1) is 13.2 Å². The Morgan fingerprint density at radius 1 is 0.947 bits per heavy atom. The van der Waals surface area contributed by atoms with E-state index in [1.54, 1.807) is 20.8 Å². The first-order valence-corrected chi connectivity index (χ1v) is 12.6. The number of aliphatic hydroxyl groups excluding tert-OH is 1. The fourth-order valence-corrected chi connectivity index (χ4v) is 3.93. The second kappa shape index (κ2) is 14.2. The highest BCUT2D eigenvalue weighted by Gasteiger charge is 2.49. The first-order valence-electron chi connectivity index (χ1n) is 12.6. The molecule has 5 atom stereocenters. The summed E-state index contributed by atoms with van der Waals surface area (Å²) in [5.74, 6) is -1.00. The van der Waals surface area contributed by atoms with Gasteiger partial charge in [-0.05, 0) is 11.1 Å². The fourth-order valence-electron chi connectivity index (χ4n) is 3.93. The molecule has 210 valence electrons. The molecule has 0 bridgehead atoms. The molecule has 0 saturated heterocycles. The van der Waals surface area contributed by atoms with E-state index in [1.807, 2.05) is 60.7 Å². The molecule has 0 spiro atoms. The zero-order valence-corrected chi connectivity index (χ0v) is 22.3. The van der Waals surface area contributed by atoms with Crippen molar-refractivity contribution in [1.82, 2.24) is 0 Å². The summed E-state index contributed by atoms with van der Waals surface area (Å²) in [4.78, 5) is 24.7. The summed E-state index contributed by atoms with van der Waals surface area (Å²) in [6, 6.07) is 18.0. The standard InChI is InChI=1S/C28H41N3O7/c1-27(2,3)28(35,18-32)25(33)37-21(15-22(30)20-12-8-5-9-13-20)17-36-24(16-29)23(38-26(31)34)14-19-10-6-4-7-11-19/h4-13,21-24,32,35H,14-18,29-30H2,1-3H3,(H2,31,34). The molecule has 2 aromatic carbocycles. The van der Waals surface area contributed by atoms with Crippen LogP contribution in [0.5, 0.6) is 0 Å². The zero-order chi connectivity index (χ0) is 28.3.